The number of benzene rings is 1. The number of nitrogens with zero attached hydrogens (tertiary/aromatic N) is 1. The van der Waals surface area contributed by atoms with Crippen molar-refractivity contribution in [3.8, 4) is 0 Å². The number of carboxylic acids is 1. The molecule has 0 aliphatic heterocycles. The Morgan fingerprint density at radius 3 is 2.43 bits per heavy atom. The topological polar surface area (TPSA) is 69.6 Å². The van der Waals surface area contributed by atoms with Gasteiger partial charge in [-0.25, -0.2) is 9.59 Å². The summed E-state index contributed by atoms with van der Waals surface area (Å²) in [5, 5.41) is 11.6. The average molecular weight is 331 g/mol. The molecule has 1 aromatic carbocycles. The van der Waals surface area contributed by atoms with E-state index >= 15 is 0 Å². The number of anilines is 1. The van der Waals surface area contributed by atoms with Crippen LogP contribution >= 0.6 is 23.2 Å². The van der Waals surface area contributed by atoms with E-state index in [1.165, 1.54) is 17.0 Å². The fraction of sp³-hybridized carbons (Fsp3) is 0.286. The summed E-state index contributed by atoms with van der Waals surface area (Å²) in [5.74, 6) is -1.14. The molecule has 21 heavy (non-hydrogen) atoms. The van der Waals surface area contributed by atoms with Crippen LogP contribution in [0, 0.1) is 0 Å². The van der Waals surface area contributed by atoms with Crippen molar-refractivity contribution in [2.75, 3.05) is 18.9 Å². The van der Waals surface area contributed by atoms with Crippen molar-refractivity contribution in [1.82, 2.24) is 4.90 Å². The monoisotopic (exact) mass is 330 g/mol. The summed E-state index contributed by atoms with van der Waals surface area (Å²) >= 11 is 11.9. The Morgan fingerprint density at radius 2 is 1.95 bits per heavy atom. The third kappa shape index (κ3) is 4.95. The second-order valence-electron chi connectivity index (χ2n) is 4.40. The first-order chi connectivity index (χ1) is 9.86. The minimum absolute atomic E-state index is 0.0395. The van der Waals surface area contributed by atoms with Crippen LogP contribution in [0.2, 0.25) is 10.0 Å². The molecule has 0 saturated heterocycles. The number of amides is 2. The van der Waals surface area contributed by atoms with E-state index in [0.717, 1.165) is 12.8 Å². The van der Waals surface area contributed by atoms with E-state index in [1.807, 2.05) is 0 Å². The number of carbonyl (C=O) groups is 2. The second-order valence-corrected chi connectivity index (χ2v) is 5.22. The van der Waals surface area contributed by atoms with Crippen molar-refractivity contribution < 1.29 is 14.7 Å². The standard InChI is InChI=1S/C14H16Cl2N2O3/c1-3-4-5-6-18(2)14(21)17-12-10(15)7-9(13(19)20)8-11(12)16/h3,7-8H,1,4-6H2,2H3,(H,17,21)(H,19,20). The maximum Gasteiger partial charge on any atom is 0.335 e. The van der Waals surface area contributed by atoms with E-state index in [0.29, 0.717) is 6.54 Å². The number of hydrogen-bond acceptors (Lipinski definition) is 2. The highest BCUT2D eigenvalue weighted by Crippen LogP contribution is 2.32. The average Bonchev–Trinajstić information content (AvgIpc) is 2.42. The van der Waals surface area contributed by atoms with E-state index in [1.54, 1.807) is 13.1 Å². The van der Waals surface area contributed by atoms with Crippen LogP contribution in [0.25, 0.3) is 0 Å². The predicted molar refractivity (Wildman–Crippen MR) is 84.5 cm³/mol. The summed E-state index contributed by atoms with van der Waals surface area (Å²) in [6.07, 6.45) is 3.39. The van der Waals surface area contributed by atoms with Crippen molar-refractivity contribution in [3.63, 3.8) is 0 Å². The van der Waals surface area contributed by atoms with Gasteiger partial charge in [-0.1, -0.05) is 29.3 Å². The van der Waals surface area contributed by atoms with Crippen LogP contribution in [0.3, 0.4) is 0 Å². The number of carbonyl (C=O) groups excluding carboxylic acids is 1. The third-order valence-corrected chi connectivity index (χ3v) is 3.37. The van der Waals surface area contributed by atoms with Crippen LogP contribution in [-0.2, 0) is 0 Å². The Kier molecular flexibility index (Phi) is 6.52. The van der Waals surface area contributed by atoms with Crippen molar-refractivity contribution >= 4 is 40.9 Å². The number of allylic oxidation sites excluding steroid dienone is 1. The van der Waals surface area contributed by atoms with Crippen molar-refractivity contribution in [1.29, 1.82) is 0 Å². The van der Waals surface area contributed by atoms with Gasteiger partial charge in [-0.3, -0.25) is 0 Å². The number of hydrogen-bond donors (Lipinski definition) is 2. The fourth-order valence-electron chi connectivity index (χ4n) is 1.59. The number of nitrogens with one attached hydrogen (secondary N) is 1. The number of halogens is 2. The Balaban J connectivity index is 2.80. The molecule has 0 fully saturated rings. The lowest BCUT2D eigenvalue weighted by molar-refractivity contribution is 0.0697. The van der Waals surface area contributed by atoms with Crippen molar-refractivity contribution in [2.45, 2.75) is 12.8 Å². The first kappa shape index (κ1) is 17.3. The lowest BCUT2D eigenvalue weighted by Gasteiger charge is -2.19. The summed E-state index contributed by atoms with van der Waals surface area (Å²) in [7, 11) is 1.64. The molecule has 5 nitrogen and oxygen atoms in total. The Labute approximate surface area is 133 Å². The molecule has 0 spiro atoms. The van der Waals surface area contributed by atoms with Gasteiger partial charge in [0, 0.05) is 13.6 Å². The maximum absolute atomic E-state index is 12.0. The van der Waals surface area contributed by atoms with Crippen LogP contribution in [0.4, 0.5) is 10.5 Å². The van der Waals surface area contributed by atoms with Gasteiger partial charge in [0.05, 0.1) is 21.3 Å². The highest BCUT2D eigenvalue weighted by atomic mass is 35.5. The quantitative estimate of drug-likeness (QED) is 0.608. The molecule has 0 heterocycles. The number of unbranched alkanes of at least 4 members (excludes halogenated alkanes) is 1. The molecular formula is C14H16Cl2N2O3. The van der Waals surface area contributed by atoms with Crippen molar-refractivity contribution in [3.05, 3.63) is 40.4 Å². The van der Waals surface area contributed by atoms with Crippen LogP contribution < -0.4 is 5.32 Å². The number of carboxylic acid groups (broad SMARTS) is 1. The van der Waals surface area contributed by atoms with E-state index in [4.69, 9.17) is 28.3 Å². The van der Waals surface area contributed by atoms with Gasteiger partial charge in [0.25, 0.3) is 0 Å². The smallest absolute Gasteiger partial charge is 0.335 e. The minimum Gasteiger partial charge on any atom is -0.478 e. The first-order valence-electron chi connectivity index (χ1n) is 6.22. The molecule has 1 aromatic rings. The fourth-order valence-corrected chi connectivity index (χ4v) is 2.17. The molecule has 0 aliphatic carbocycles. The molecule has 2 N–H and O–H groups in total. The Morgan fingerprint density at radius 1 is 1.38 bits per heavy atom. The Bertz CT molecular complexity index is 538. The van der Waals surface area contributed by atoms with Gasteiger partial charge in [0.2, 0.25) is 0 Å². The molecule has 0 aromatic heterocycles. The van der Waals surface area contributed by atoms with Gasteiger partial charge in [-0.05, 0) is 25.0 Å². The first-order valence-corrected chi connectivity index (χ1v) is 6.97. The van der Waals surface area contributed by atoms with Gasteiger partial charge in [0.15, 0.2) is 0 Å². The molecule has 114 valence electrons. The molecule has 0 saturated carbocycles. The van der Waals surface area contributed by atoms with Gasteiger partial charge < -0.3 is 15.3 Å². The summed E-state index contributed by atoms with van der Waals surface area (Å²) < 4.78 is 0. The number of rotatable bonds is 6. The maximum atomic E-state index is 12.0. The molecule has 0 unspecified atom stereocenters. The van der Waals surface area contributed by atoms with Gasteiger partial charge in [-0.2, -0.15) is 0 Å². The molecule has 7 heteroatoms. The van der Waals surface area contributed by atoms with E-state index in [2.05, 4.69) is 11.9 Å². The second kappa shape index (κ2) is 7.90. The molecular weight excluding hydrogens is 315 g/mol. The minimum atomic E-state index is -1.14. The molecule has 1 rings (SSSR count). The molecule has 0 bridgehead atoms. The predicted octanol–water partition coefficient (Wildman–Crippen LogP) is 4.12. The van der Waals surface area contributed by atoms with Gasteiger partial charge in [0.1, 0.15) is 0 Å². The molecule has 0 atom stereocenters. The highest BCUT2D eigenvalue weighted by Gasteiger charge is 2.16. The third-order valence-electron chi connectivity index (χ3n) is 2.77. The van der Waals surface area contributed by atoms with Crippen molar-refractivity contribution in [2.24, 2.45) is 0 Å². The lowest BCUT2D eigenvalue weighted by Crippen LogP contribution is -2.32. The Hall–Kier alpha value is -1.72. The zero-order valence-corrected chi connectivity index (χ0v) is 13.0. The SMILES string of the molecule is C=CCCCN(C)C(=O)Nc1c(Cl)cc(C(=O)O)cc1Cl. The van der Waals surface area contributed by atoms with Crippen LogP contribution in [0.1, 0.15) is 23.2 Å². The van der Waals surface area contributed by atoms with Crippen LogP contribution in [-0.4, -0.2) is 35.6 Å². The van der Waals surface area contributed by atoms with Crippen LogP contribution in [0.15, 0.2) is 24.8 Å². The van der Waals surface area contributed by atoms with Crippen LogP contribution in [0.5, 0.6) is 0 Å². The molecule has 0 radical (unpaired) electrons. The summed E-state index contributed by atoms with van der Waals surface area (Å²) in [6, 6.07) is 2.11. The van der Waals surface area contributed by atoms with E-state index in [9.17, 15) is 9.59 Å². The highest BCUT2D eigenvalue weighted by molar-refractivity contribution is 6.40. The molecule has 2 amide bonds. The lowest BCUT2D eigenvalue weighted by atomic mass is 10.2. The van der Waals surface area contributed by atoms with Gasteiger partial charge in [-0.15, -0.1) is 6.58 Å². The normalized spacial score (nSPS) is 10.0. The summed E-state index contributed by atoms with van der Waals surface area (Å²) in [6.45, 7) is 4.17. The van der Waals surface area contributed by atoms with E-state index < -0.39 is 5.97 Å². The zero-order chi connectivity index (χ0) is 16.0. The number of aromatic carboxylic acids is 1. The molecule has 0 aliphatic rings. The number of urea groups is 1. The van der Waals surface area contributed by atoms with E-state index in [-0.39, 0.29) is 27.3 Å². The summed E-state index contributed by atoms with van der Waals surface area (Å²) in [5.41, 5.74) is 0.159. The zero-order valence-electron chi connectivity index (χ0n) is 11.5. The largest absolute Gasteiger partial charge is 0.478 e. The van der Waals surface area contributed by atoms with Gasteiger partial charge >= 0.3 is 12.0 Å². The summed E-state index contributed by atoms with van der Waals surface area (Å²) in [4.78, 5) is 24.3.